The Labute approximate surface area is 140 Å². The van der Waals surface area contributed by atoms with Crippen molar-refractivity contribution >= 4 is 17.2 Å². The third-order valence-electron chi connectivity index (χ3n) is 4.44. The van der Waals surface area contributed by atoms with E-state index in [9.17, 15) is 4.79 Å². The van der Waals surface area contributed by atoms with Gasteiger partial charge in [0.15, 0.2) is 5.65 Å². The summed E-state index contributed by atoms with van der Waals surface area (Å²) in [6.45, 7) is 3.61. The summed E-state index contributed by atoms with van der Waals surface area (Å²) in [4.78, 5) is 19.3. The highest BCUT2D eigenvalue weighted by atomic mass is 16.1. The van der Waals surface area contributed by atoms with Crippen molar-refractivity contribution in [1.82, 2.24) is 19.9 Å². The molecule has 1 atom stereocenters. The molecule has 0 bridgehead atoms. The number of aromatic nitrogens is 3. The van der Waals surface area contributed by atoms with Gasteiger partial charge in [-0.2, -0.15) is 5.10 Å². The second kappa shape index (κ2) is 5.96. The molecule has 0 unspecified atom stereocenters. The van der Waals surface area contributed by atoms with Crippen LogP contribution in [0.25, 0.3) is 5.65 Å². The van der Waals surface area contributed by atoms with Gasteiger partial charge in [0.05, 0.1) is 5.69 Å². The van der Waals surface area contributed by atoms with E-state index in [1.165, 1.54) is 5.69 Å². The van der Waals surface area contributed by atoms with E-state index in [0.29, 0.717) is 16.9 Å². The van der Waals surface area contributed by atoms with Gasteiger partial charge in [0, 0.05) is 37.2 Å². The summed E-state index contributed by atoms with van der Waals surface area (Å²) >= 11 is 0. The molecule has 1 aromatic carbocycles. The molecule has 6 nitrogen and oxygen atoms in total. The van der Waals surface area contributed by atoms with Crippen LogP contribution in [-0.2, 0) is 0 Å². The van der Waals surface area contributed by atoms with Crippen LogP contribution in [0.15, 0.2) is 48.8 Å². The number of aryl methyl sites for hydroxylation is 1. The average molecular weight is 321 g/mol. The first-order chi connectivity index (χ1) is 11.7. The third-order valence-corrected chi connectivity index (χ3v) is 4.44. The van der Waals surface area contributed by atoms with E-state index < -0.39 is 0 Å². The van der Waals surface area contributed by atoms with Crippen molar-refractivity contribution in [1.29, 1.82) is 0 Å². The number of nitrogens with zero attached hydrogens (tertiary/aromatic N) is 4. The minimum atomic E-state index is -0.0962. The van der Waals surface area contributed by atoms with Gasteiger partial charge in [0.1, 0.15) is 5.56 Å². The fourth-order valence-corrected chi connectivity index (χ4v) is 3.27. The summed E-state index contributed by atoms with van der Waals surface area (Å²) < 4.78 is 1.65. The van der Waals surface area contributed by atoms with E-state index in [0.717, 1.165) is 19.5 Å². The van der Waals surface area contributed by atoms with Gasteiger partial charge in [-0.3, -0.25) is 4.79 Å². The molecule has 24 heavy (non-hydrogen) atoms. The number of anilines is 1. The van der Waals surface area contributed by atoms with Gasteiger partial charge in [0.2, 0.25) is 0 Å². The van der Waals surface area contributed by atoms with Crippen molar-refractivity contribution in [2.45, 2.75) is 19.4 Å². The fourth-order valence-electron chi connectivity index (χ4n) is 3.27. The summed E-state index contributed by atoms with van der Waals surface area (Å²) in [6, 6.07) is 12.2. The smallest absolute Gasteiger partial charge is 0.257 e. The number of amides is 1. The number of benzene rings is 1. The maximum atomic E-state index is 12.7. The molecule has 0 spiro atoms. The van der Waals surface area contributed by atoms with Crippen molar-refractivity contribution < 1.29 is 4.79 Å². The minimum Gasteiger partial charge on any atom is -0.369 e. The van der Waals surface area contributed by atoms with Crippen molar-refractivity contribution in [2.75, 3.05) is 18.0 Å². The van der Waals surface area contributed by atoms with E-state index >= 15 is 0 Å². The Morgan fingerprint density at radius 2 is 2.08 bits per heavy atom. The molecule has 0 saturated carbocycles. The normalized spacial score (nSPS) is 17.4. The molecule has 3 aromatic rings. The van der Waals surface area contributed by atoms with Gasteiger partial charge in [-0.1, -0.05) is 18.2 Å². The summed E-state index contributed by atoms with van der Waals surface area (Å²) in [5, 5.41) is 7.49. The predicted molar refractivity (Wildman–Crippen MR) is 92.3 cm³/mol. The molecule has 6 heteroatoms. The molecule has 3 heterocycles. The molecule has 0 radical (unpaired) electrons. The number of hydrogen-bond donors (Lipinski definition) is 1. The Kier molecular flexibility index (Phi) is 3.65. The summed E-state index contributed by atoms with van der Waals surface area (Å²) in [5.41, 5.74) is 3.06. The second-order valence-electron chi connectivity index (χ2n) is 6.09. The maximum absolute atomic E-state index is 12.7. The SMILES string of the molecule is Cc1nn2cccnc2c1C(=O)N[C@H]1CCN(c2ccccc2)C1. The molecule has 1 aliphatic rings. The first-order valence-corrected chi connectivity index (χ1v) is 8.13. The zero-order valence-electron chi connectivity index (χ0n) is 13.5. The van der Waals surface area contributed by atoms with Crippen molar-refractivity contribution in [2.24, 2.45) is 0 Å². The number of rotatable bonds is 3. The van der Waals surface area contributed by atoms with Crippen LogP contribution in [0.1, 0.15) is 22.5 Å². The van der Waals surface area contributed by atoms with Crippen molar-refractivity contribution in [3.8, 4) is 0 Å². The molecule has 2 aromatic heterocycles. The molecule has 1 amide bonds. The van der Waals surface area contributed by atoms with Gasteiger partial charge in [-0.25, -0.2) is 9.50 Å². The highest BCUT2D eigenvalue weighted by molar-refractivity contribution is 6.01. The van der Waals surface area contributed by atoms with Gasteiger partial charge in [-0.15, -0.1) is 0 Å². The number of carbonyl (C=O) groups is 1. The van der Waals surface area contributed by atoms with E-state index in [1.807, 2.05) is 25.1 Å². The molecule has 4 rings (SSSR count). The zero-order valence-corrected chi connectivity index (χ0v) is 13.5. The monoisotopic (exact) mass is 321 g/mol. The maximum Gasteiger partial charge on any atom is 0.257 e. The number of hydrogen-bond acceptors (Lipinski definition) is 4. The van der Waals surface area contributed by atoms with Crippen molar-refractivity contribution in [3.05, 3.63) is 60.0 Å². The van der Waals surface area contributed by atoms with E-state index in [1.54, 1.807) is 23.0 Å². The van der Waals surface area contributed by atoms with Crippen LogP contribution < -0.4 is 10.2 Å². The van der Waals surface area contributed by atoms with Crippen LogP contribution in [0, 0.1) is 6.92 Å². The molecule has 122 valence electrons. The first-order valence-electron chi connectivity index (χ1n) is 8.13. The van der Waals surface area contributed by atoms with Crippen molar-refractivity contribution in [3.63, 3.8) is 0 Å². The minimum absolute atomic E-state index is 0.0962. The summed E-state index contributed by atoms with van der Waals surface area (Å²) in [6.07, 6.45) is 4.42. The Hall–Kier alpha value is -2.89. The highest BCUT2D eigenvalue weighted by Crippen LogP contribution is 2.20. The largest absolute Gasteiger partial charge is 0.369 e. The Morgan fingerprint density at radius 1 is 1.25 bits per heavy atom. The number of nitrogens with one attached hydrogen (secondary N) is 1. The third kappa shape index (κ3) is 2.60. The fraction of sp³-hybridized carbons (Fsp3) is 0.278. The lowest BCUT2D eigenvalue weighted by Crippen LogP contribution is -2.37. The number of carbonyl (C=O) groups excluding carboxylic acids is 1. The number of fused-ring (bicyclic) bond motifs is 1. The average Bonchev–Trinajstić information content (AvgIpc) is 3.19. The van der Waals surface area contributed by atoms with Crippen LogP contribution in [0.5, 0.6) is 0 Å². The van der Waals surface area contributed by atoms with Gasteiger partial charge < -0.3 is 10.2 Å². The van der Waals surface area contributed by atoms with Crippen LogP contribution in [0.4, 0.5) is 5.69 Å². The van der Waals surface area contributed by atoms with Gasteiger partial charge >= 0.3 is 0 Å². The van der Waals surface area contributed by atoms with Gasteiger partial charge in [0.25, 0.3) is 5.91 Å². The Bertz CT molecular complexity index is 874. The van der Waals surface area contributed by atoms with Crippen LogP contribution >= 0.6 is 0 Å². The van der Waals surface area contributed by atoms with E-state index in [2.05, 4.69) is 32.4 Å². The van der Waals surface area contributed by atoms with E-state index in [4.69, 9.17) is 0 Å². The quantitative estimate of drug-likeness (QED) is 0.802. The Morgan fingerprint density at radius 3 is 2.92 bits per heavy atom. The molecular formula is C18H19N5O. The van der Waals surface area contributed by atoms with Gasteiger partial charge in [-0.05, 0) is 31.5 Å². The summed E-state index contributed by atoms with van der Waals surface area (Å²) in [5.74, 6) is -0.0962. The molecule has 1 aliphatic heterocycles. The zero-order chi connectivity index (χ0) is 16.5. The number of para-hydroxylation sites is 1. The lowest BCUT2D eigenvalue weighted by atomic mass is 10.2. The molecule has 1 saturated heterocycles. The highest BCUT2D eigenvalue weighted by Gasteiger charge is 2.26. The topological polar surface area (TPSA) is 62.5 Å². The lowest BCUT2D eigenvalue weighted by Gasteiger charge is -2.18. The summed E-state index contributed by atoms with van der Waals surface area (Å²) in [7, 11) is 0. The van der Waals surface area contributed by atoms with Crippen LogP contribution in [0.2, 0.25) is 0 Å². The van der Waals surface area contributed by atoms with Crippen LogP contribution in [0.3, 0.4) is 0 Å². The lowest BCUT2D eigenvalue weighted by molar-refractivity contribution is 0.0941. The predicted octanol–water partition coefficient (Wildman–Crippen LogP) is 2.05. The second-order valence-corrected chi connectivity index (χ2v) is 6.09. The molecule has 1 fully saturated rings. The van der Waals surface area contributed by atoms with Crippen LogP contribution in [-0.4, -0.2) is 39.6 Å². The molecular weight excluding hydrogens is 302 g/mol. The molecule has 0 aliphatic carbocycles. The first kappa shape index (κ1) is 14.7. The standard InChI is InChI=1S/C18H19N5O/c1-13-16(17-19-9-5-10-23(17)21-13)18(24)20-14-8-11-22(12-14)15-6-3-2-4-7-15/h2-7,9-10,14H,8,11-12H2,1H3,(H,20,24)/t14-/m0/s1. The van der Waals surface area contributed by atoms with E-state index in [-0.39, 0.29) is 11.9 Å². The molecule has 1 N–H and O–H groups in total. The Balaban J connectivity index is 1.50.